The molecule has 4 N–H and O–H groups in total. The Bertz CT molecular complexity index is 2070. The lowest BCUT2D eigenvalue weighted by Gasteiger charge is -2.34. The number of pyridine rings is 1. The Balaban J connectivity index is 0.867. The van der Waals surface area contributed by atoms with Gasteiger partial charge in [-0.2, -0.15) is 0 Å². The Morgan fingerprint density at radius 1 is 0.922 bits per heavy atom. The second-order valence-corrected chi connectivity index (χ2v) is 14.0. The van der Waals surface area contributed by atoms with Gasteiger partial charge in [0.2, 0.25) is 11.8 Å². The van der Waals surface area contributed by atoms with Crippen LogP contribution in [0, 0.1) is 5.92 Å². The molecule has 13 heteroatoms. The van der Waals surface area contributed by atoms with Crippen molar-refractivity contribution < 1.29 is 24.0 Å². The van der Waals surface area contributed by atoms with Gasteiger partial charge in [0.25, 0.3) is 17.7 Å². The van der Waals surface area contributed by atoms with Crippen LogP contribution in [0.4, 0.5) is 17.2 Å². The summed E-state index contributed by atoms with van der Waals surface area (Å²) in [6.45, 7) is 3.20. The van der Waals surface area contributed by atoms with Gasteiger partial charge in [0.1, 0.15) is 11.9 Å². The molecule has 51 heavy (non-hydrogen) atoms. The molecule has 8 rings (SSSR count). The number of aromatic amines is 1. The van der Waals surface area contributed by atoms with Crippen molar-refractivity contribution in [2.24, 2.45) is 5.92 Å². The van der Waals surface area contributed by atoms with Gasteiger partial charge in [-0.15, -0.1) is 0 Å². The van der Waals surface area contributed by atoms with Crippen LogP contribution >= 0.6 is 0 Å². The predicted octanol–water partition coefficient (Wildman–Crippen LogP) is 4.31. The molecule has 4 aromatic rings. The maximum Gasteiger partial charge on any atom is 0.264 e. The molecule has 0 saturated carbocycles. The number of fused-ring (bicyclic) bond motifs is 2. The SMILES string of the molecule is CN1CCC[C@@H]1c1cc2cnc(NC(=O)c3cccc(NCC4CCN(c5cccc6c5C(=O)N(C5CCC(=O)NC5=O)C6=O)CC4)c3)cc2[nH]1. The summed E-state index contributed by atoms with van der Waals surface area (Å²) >= 11 is 0. The molecule has 4 aliphatic rings. The third-order valence-corrected chi connectivity index (χ3v) is 10.8. The number of imide groups is 2. The third kappa shape index (κ3) is 6.22. The van der Waals surface area contributed by atoms with E-state index in [2.05, 4.69) is 48.8 Å². The number of hydrogen-bond donors (Lipinski definition) is 4. The number of carbonyl (C=O) groups excluding carboxylic acids is 5. The number of piperidine rings is 2. The molecule has 0 radical (unpaired) electrons. The maximum absolute atomic E-state index is 13.6. The first-order chi connectivity index (χ1) is 24.7. The number of likely N-dealkylation sites (tertiary alicyclic amines) is 1. The molecule has 0 aliphatic carbocycles. The smallest absolute Gasteiger partial charge is 0.264 e. The van der Waals surface area contributed by atoms with Gasteiger partial charge in [0.15, 0.2) is 0 Å². The average molecular weight is 689 g/mol. The normalized spacial score (nSPS) is 21.4. The first kappa shape index (κ1) is 32.6. The molecule has 0 bridgehead atoms. The molecule has 13 nitrogen and oxygen atoms in total. The third-order valence-electron chi connectivity index (χ3n) is 10.8. The van der Waals surface area contributed by atoms with E-state index in [9.17, 15) is 24.0 Å². The topological polar surface area (TPSA) is 160 Å². The van der Waals surface area contributed by atoms with E-state index in [-0.39, 0.29) is 24.3 Å². The van der Waals surface area contributed by atoms with Gasteiger partial charge in [-0.25, -0.2) is 4.98 Å². The van der Waals surface area contributed by atoms with Gasteiger partial charge < -0.3 is 20.5 Å². The zero-order valence-electron chi connectivity index (χ0n) is 28.4. The zero-order valence-corrected chi connectivity index (χ0v) is 28.4. The molecule has 5 amide bonds. The highest BCUT2D eigenvalue weighted by Crippen LogP contribution is 2.36. The minimum Gasteiger partial charge on any atom is -0.385 e. The Labute approximate surface area is 294 Å². The molecule has 4 aliphatic heterocycles. The number of amides is 5. The number of nitrogens with zero attached hydrogens (tertiary/aromatic N) is 4. The van der Waals surface area contributed by atoms with E-state index >= 15 is 0 Å². The van der Waals surface area contributed by atoms with Gasteiger partial charge in [-0.1, -0.05) is 12.1 Å². The van der Waals surface area contributed by atoms with Crippen molar-refractivity contribution in [2.45, 2.75) is 50.6 Å². The first-order valence-electron chi connectivity index (χ1n) is 17.7. The Morgan fingerprint density at radius 2 is 1.75 bits per heavy atom. The molecule has 2 atom stereocenters. The van der Waals surface area contributed by atoms with Crippen LogP contribution in [0.2, 0.25) is 0 Å². The molecule has 6 heterocycles. The van der Waals surface area contributed by atoms with Gasteiger partial charge in [-0.3, -0.25) is 39.1 Å². The van der Waals surface area contributed by atoms with E-state index in [1.54, 1.807) is 24.4 Å². The van der Waals surface area contributed by atoms with Crippen LogP contribution in [0.5, 0.6) is 0 Å². The van der Waals surface area contributed by atoms with Gasteiger partial charge in [0.05, 0.1) is 22.3 Å². The lowest BCUT2D eigenvalue weighted by Crippen LogP contribution is -2.54. The van der Waals surface area contributed by atoms with Crippen molar-refractivity contribution in [1.29, 1.82) is 0 Å². The van der Waals surface area contributed by atoms with Crippen molar-refractivity contribution >= 4 is 57.6 Å². The second-order valence-electron chi connectivity index (χ2n) is 14.0. The molecule has 2 aromatic heterocycles. The summed E-state index contributed by atoms with van der Waals surface area (Å²) in [4.78, 5) is 77.7. The standard InChI is InChI=1S/C38H40N8O5/c1-44-14-4-9-29(44)28-18-24-21-40-32(19-27(24)41-28)42-35(48)23-5-2-6-25(17-23)39-20-22-12-15-45(16-13-22)30-8-3-7-26-34(30)38(51)46(37(26)50)31-10-11-33(47)43-36(31)49/h2-3,5-8,17-19,21-22,29,31,39,41H,4,9-16,20H2,1H3,(H,40,42,48)(H,43,47,49)/t29-,31?/m1/s1. The number of rotatable bonds is 8. The second kappa shape index (κ2) is 13.3. The summed E-state index contributed by atoms with van der Waals surface area (Å²) in [5, 5.41) is 9.71. The van der Waals surface area contributed by atoms with Crippen molar-refractivity contribution in [1.82, 2.24) is 25.1 Å². The number of anilines is 3. The summed E-state index contributed by atoms with van der Waals surface area (Å²) in [5.41, 5.74) is 4.80. The molecular formula is C38H40N8O5. The predicted molar refractivity (Wildman–Crippen MR) is 192 cm³/mol. The van der Waals surface area contributed by atoms with E-state index in [1.165, 1.54) is 12.1 Å². The van der Waals surface area contributed by atoms with Crippen LogP contribution in [0.3, 0.4) is 0 Å². The first-order valence-corrected chi connectivity index (χ1v) is 17.7. The fourth-order valence-corrected chi connectivity index (χ4v) is 7.96. The molecule has 0 spiro atoms. The largest absolute Gasteiger partial charge is 0.385 e. The Morgan fingerprint density at radius 3 is 2.53 bits per heavy atom. The molecule has 262 valence electrons. The highest BCUT2D eigenvalue weighted by molar-refractivity contribution is 6.25. The maximum atomic E-state index is 13.6. The van der Waals surface area contributed by atoms with Crippen molar-refractivity contribution in [3.8, 4) is 0 Å². The summed E-state index contributed by atoms with van der Waals surface area (Å²) in [5.74, 6) is -1.39. The summed E-state index contributed by atoms with van der Waals surface area (Å²) in [7, 11) is 2.15. The molecule has 3 saturated heterocycles. The lowest BCUT2D eigenvalue weighted by atomic mass is 9.95. The van der Waals surface area contributed by atoms with Crippen molar-refractivity contribution in [2.75, 3.05) is 48.8 Å². The van der Waals surface area contributed by atoms with Crippen LogP contribution in [0.25, 0.3) is 10.9 Å². The van der Waals surface area contributed by atoms with Crippen LogP contribution in [-0.4, -0.2) is 88.6 Å². The average Bonchev–Trinajstić information content (AvgIpc) is 3.83. The minimum absolute atomic E-state index is 0.0811. The van der Waals surface area contributed by atoms with Crippen LogP contribution in [0.1, 0.15) is 81.3 Å². The molecule has 1 unspecified atom stereocenters. The van der Waals surface area contributed by atoms with Crippen LogP contribution in [-0.2, 0) is 9.59 Å². The monoisotopic (exact) mass is 688 g/mol. The van der Waals surface area contributed by atoms with E-state index in [1.807, 2.05) is 30.3 Å². The highest BCUT2D eigenvalue weighted by Gasteiger charge is 2.46. The number of hydrogen-bond acceptors (Lipinski definition) is 9. The number of benzene rings is 2. The van der Waals surface area contributed by atoms with E-state index in [4.69, 9.17) is 0 Å². The number of carbonyl (C=O) groups is 5. The van der Waals surface area contributed by atoms with Gasteiger partial charge in [0, 0.05) is 66.7 Å². The van der Waals surface area contributed by atoms with Crippen LogP contribution < -0.4 is 20.9 Å². The number of nitrogens with one attached hydrogen (secondary N) is 4. The fourth-order valence-electron chi connectivity index (χ4n) is 7.96. The van der Waals surface area contributed by atoms with Gasteiger partial charge >= 0.3 is 0 Å². The summed E-state index contributed by atoms with van der Waals surface area (Å²) < 4.78 is 0. The number of aromatic nitrogens is 2. The van der Waals surface area contributed by atoms with E-state index in [0.717, 1.165) is 53.8 Å². The molecule has 3 fully saturated rings. The van der Waals surface area contributed by atoms with Gasteiger partial charge in [-0.05, 0) is 88.0 Å². The summed E-state index contributed by atoms with van der Waals surface area (Å²) in [6, 6.07) is 16.1. The van der Waals surface area contributed by atoms with E-state index in [0.29, 0.717) is 47.7 Å². The summed E-state index contributed by atoms with van der Waals surface area (Å²) in [6.07, 6.45) is 6.03. The quantitative estimate of drug-likeness (QED) is 0.198. The lowest BCUT2D eigenvalue weighted by molar-refractivity contribution is -0.136. The minimum atomic E-state index is -0.993. The van der Waals surface area contributed by atoms with Crippen molar-refractivity contribution in [3.05, 3.63) is 83.2 Å². The van der Waals surface area contributed by atoms with Crippen LogP contribution in [0.15, 0.2) is 60.8 Å². The number of H-pyrrole nitrogens is 1. The Kier molecular flexibility index (Phi) is 8.50. The zero-order chi connectivity index (χ0) is 35.2. The fraction of sp³-hybridized carbons (Fsp3) is 0.368. The van der Waals surface area contributed by atoms with E-state index < -0.39 is 29.7 Å². The van der Waals surface area contributed by atoms with Crippen molar-refractivity contribution in [3.63, 3.8) is 0 Å². The Hall–Kier alpha value is -5.56. The molecule has 2 aromatic carbocycles. The molecular weight excluding hydrogens is 648 g/mol. The highest BCUT2D eigenvalue weighted by atomic mass is 16.2.